The Morgan fingerprint density at radius 1 is 1.31 bits per heavy atom. The highest BCUT2D eigenvalue weighted by atomic mass is 32.2. The van der Waals surface area contributed by atoms with Gasteiger partial charge in [0.2, 0.25) is 0 Å². The smallest absolute Gasteiger partial charge is 0.307 e. The Morgan fingerprint density at radius 3 is 2.31 bits per heavy atom. The molecule has 16 heavy (non-hydrogen) atoms. The van der Waals surface area contributed by atoms with Gasteiger partial charge in [-0.3, -0.25) is 4.79 Å². The van der Waals surface area contributed by atoms with Crippen molar-refractivity contribution in [2.24, 2.45) is 0 Å². The average Bonchev–Trinajstić information content (AvgIpc) is 2.07. The normalized spacial score (nSPS) is 11.4. The molecule has 1 aromatic carbocycles. The summed E-state index contributed by atoms with van der Waals surface area (Å²) in [7, 11) is -3.86. The zero-order valence-corrected chi connectivity index (χ0v) is 9.01. The van der Waals surface area contributed by atoms with E-state index in [1.165, 1.54) is 0 Å². The zero-order chi connectivity index (χ0) is 12.5. The molecule has 0 amide bonds. The van der Waals surface area contributed by atoms with Crippen molar-refractivity contribution in [3.8, 4) is 0 Å². The second-order valence-electron chi connectivity index (χ2n) is 3.22. The topological polar surface area (TPSA) is 71.4 Å². The molecule has 0 bridgehead atoms. The van der Waals surface area contributed by atoms with Crippen molar-refractivity contribution in [1.82, 2.24) is 0 Å². The molecule has 1 aromatic rings. The van der Waals surface area contributed by atoms with Crippen LogP contribution in [0.25, 0.3) is 0 Å². The molecule has 4 nitrogen and oxygen atoms in total. The van der Waals surface area contributed by atoms with Gasteiger partial charge in [-0.2, -0.15) is 0 Å². The van der Waals surface area contributed by atoms with Gasteiger partial charge < -0.3 is 5.11 Å². The Labute approximate surface area is 90.4 Å². The molecular formula is C9H8F2O4S. The van der Waals surface area contributed by atoms with Crippen LogP contribution in [0.15, 0.2) is 17.0 Å². The minimum absolute atomic E-state index is 0.391. The number of rotatable bonds is 3. The summed E-state index contributed by atoms with van der Waals surface area (Å²) in [5.74, 6) is -3.53. The summed E-state index contributed by atoms with van der Waals surface area (Å²) in [5, 5.41) is 8.40. The molecule has 0 spiro atoms. The molecule has 1 N–H and O–H groups in total. The van der Waals surface area contributed by atoms with E-state index in [-0.39, 0.29) is 0 Å². The molecule has 0 aliphatic carbocycles. The molecule has 88 valence electrons. The number of hydrogen-bond acceptors (Lipinski definition) is 3. The SMILES string of the molecule is CS(=O)(=O)c1cc(F)c(CC(=O)O)cc1F. The summed E-state index contributed by atoms with van der Waals surface area (Å²) in [6.45, 7) is 0. The number of hydrogen-bond donors (Lipinski definition) is 1. The third-order valence-electron chi connectivity index (χ3n) is 1.84. The highest BCUT2D eigenvalue weighted by Gasteiger charge is 2.18. The molecule has 0 atom stereocenters. The van der Waals surface area contributed by atoms with Crippen LogP contribution >= 0.6 is 0 Å². The van der Waals surface area contributed by atoms with Crippen molar-refractivity contribution in [1.29, 1.82) is 0 Å². The second-order valence-corrected chi connectivity index (χ2v) is 5.20. The summed E-state index contributed by atoms with van der Waals surface area (Å²) in [6.07, 6.45) is 0.0362. The standard InChI is InChI=1S/C9H8F2O4S/c1-16(14,15)8-4-6(10)5(2-7(8)11)3-9(12)13/h2,4H,3H2,1H3,(H,12,13). The molecular weight excluding hydrogens is 242 g/mol. The molecule has 1 rings (SSSR count). The van der Waals surface area contributed by atoms with Crippen molar-refractivity contribution in [2.75, 3.05) is 6.26 Å². The third-order valence-corrected chi connectivity index (χ3v) is 2.95. The Hall–Kier alpha value is -1.50. The lowest BCUT2D eigenvalue weighted by molar-refractivity contribution is -0.136. The molecule has 0 saturated heterocycles. The van der Waals surface area contributed by atoms with Crippen LogP contribution in [0.2, 0.25) is 0 Å². The van der Waals surface area contributed by atoms with Crippen LogP contribution in [0, 0.1) is 11.6 Å². The van der Waals surface area contributed by atoms with Crippen LogP contribution < -0.4 is 0 Å². The summed E-state index contributed by atoms with van der Waals surface area (Å²) in [4.78, 5) is 9.53. The van der Waals surface area contributed by atoms with Crippen LogP contribution in [-0.2, 0) is 21.1 Å². The van der Waals surface area contributed by atoms with Gasteiger partial charge in [0.05, 0.1) is 6.42 Å². The highest BCUT2D eigenvalue weighted by Crippen LogP contribution is 2.19. The van der Waals surface area contributed by atoms with Gasteiger partial charge in [0, 0.05) is 11.8 Å². The van der Waals surface area contributed by atoms with Gasteiger partial charge in [0.1, 0.15) is 16.5 Å². The first-order valence-electron chi connectivity index (χ1n) is 4.11. The third kappa shape index (κ3) is 2.75. The largest absolute Gasteiger partial charge is 0.481 e. The van der Waals surface area contributed by atoms with E-state index < -0.39 is 44.3 Å². The van der Waals surface area contributed by atoms with Crippen molar-refractivity contribution in [2.45, 2.75) is 11.3 Å². The van der Waals surface area contributed by atoms with Gasteiger partial charge in [0.15, 0.2) is 9.84 Å². The van der Waals surface area contributed by atoms with E-state index in [1.54, 1.807) is 0 Å². The maximum Gasteiger partial charge on any atom is 0.307 e. The Morgan fingerprint density at radius 2 is 1.88 bits per heavy atom. The fourth-order valence-corrected chi connectivity index (χ4v) is 1.88. The van der Waals surface area contributed by atoms with Crippen LogP contribution in [0.3, 0.4) is 0 Å². The number of sulfone groups is 1. The summed E-state index contributed by atoms with van der Waals surface area (Å²) in [5.41, 5.74) is -0.391. The van der Waals surface area contributed by atoms with Crippen molar-refractivity contribution in [3.05, 3.63) is 29.3 Å². The molecule has 0 aliphatic rings. The fourth-order valence-electron chi connectivity index (χ4n) is 1.15. The number of carboxylic acids is 1. The summed E-state index contributed by atoms with van der Waals surface area (Å²) >= 11 is 0. The predicted molar refractivity (Wildman–Crippen MR) is 50.8 cm³/mol. The van der Waals surface area contributed by atoms with E-state index in [1.807, 2.05) is 0 Å². The number of benzene rings is 1. The molecule has 0 unspecified atom stereocenters. The number of carboxylic acid groups (broad SMARTS) is 1. The molecule has 0 aromatic heterocycles. The number of halogens is 2. The maximum atomic E-state index is 13.2. The first kappa shape index (κ1) is 12.6. The molecule has 0 saturated carbocycles. The van der Waals surface area contributed by atoms with Gasteiger partial charge in [-0.05, 0) is 12.1 Å². The zero-order valence-electron chi connectivity index (χ0n) is 8.20. The van der Waals surface area contributed by atoms with Crippen LogP contribution in [0.1, 0.15) is 5.56 Å². The van der Waals surface area contributed by atoms with Gasteiger partial charge in [0.25, 0.3) is 0 Å². The van der Waals surface area contributed by atoms with Gasteiger partial charge in [-0.25, -0.2) is 17.2 Å². The molecule has 0 aliphatic heterocycles. The quantitative estimate of drug-likeness (QED) is 0.868. The van der Waals surface area contributed by atoms with Gasteiger partial charge in [-0.15, -0.1) is 0 Å². The van der Waals surface area contributed by atoms with E-state index in [4.69, 9.17) is 5.11 Å². The lowest BCUT2D eigenvalue weighted by Gasteiger charge is -2.04. The second kappa shape index (κ2) is 4.17. The van der Waals surface area contributed by atoms with E-state index in [2.05, 4.69) is 0 Å². The van der Waals surface area contributed by atoms with Crippen molar-refractivity contribution >= 4 is 15.8 Å². The summed E-state index contributed by atoms with van der Waals surface area (Å²) in [6, 6.07) is 1.07. The van der Waals surface area contributed by atoms with E-state index in [0.29, 0.717) is 12.1 Å². The molecule has 7 heteroatoms. The van der Waals surface area contributed by atoms with Crippen molar-refractivity contribution in [3.63, 3.8) is 0 Å². The lowest BCUT2D eigenvalue weighted by Crippen LogP contribution is -2.07. The number of aliphatic carboxylic acids is 1. The van der Waals surface area contributed by atoms with E-state index in [9.17, 15) is 22.0 Å². The minimum Gasteiger partial charge on any atom is -0.481 e. The lowest BCUT2D eigenvalue weighted by atomic mass is 10.1. The van der Waals surface area contributed by atoms with E-state index in [0.717, 1.165) is 6.26 Å². The molecule has 0 heterocycles. The molecule has 0 radical (unpaired) electrons. The predicted octanol–water partition coefficient (Wildman–Crippen LogP) is 0.995. The van der Waals surface area contributed by atoms with Crippen LogP contribution in [0.5, 0.6) is 0 Å². The van der Waals surface area contributed by atoms with Gasteiger partial charge >= 0.3 is 5.97 Å². The maximum absolute atomic E-state index is 13.2. The Kier molecular flexibility index (Phi) is 3.27. The molecule has 0 fully saturated rings. The summed E-state index contributed by atoms with van der Waals surface area (Å²) < 4.78 is 48.5. The fraction of sp³-hybridized carbons (Fsp3) is 0.222. The van der Waals surface area contributed by atoms with Crippen molar-refractivity contribution < 1.29 is 27.1 Å². The van der Waals surface area contributed by atoms with E-state index >= 15 is 0 Å². The Balaban J connectivity index is 3.33. The minimum atomic E-state index is -3.86. The van der Waals surface area contributed by atoms with Gasteiger partial charge in [-0.1, -0.05) is 0 Å². The first-order chi connectivity index (χ1) is 7.21. The average molecular weight is 250 g/mol. The number of carbonyl (C=O) groups is 1. The highest BCUT2D eigenvalue weighted by molar-refractivity contribution is 7.90. The van der Waals surface area contributed by atoms with Crippen LogP contribution in [-0.4, -0.2) is 25.7 Å². The first-order valence-corrected chi connectivity index (χ1v) is 6.00. The van der Waals surface area contributed by atoms with Crippen LogP contribution in [0.4, 0.5) is 8.78 Å². The Bertz CT molecular complexity index is 537. The monoisotopic (exact) mass is 250 g/mol.